The minimum absolute atomic E-state index is 0.0116. The van der Waals surface area contributed by atoms with E-state index in [2.05, 4.69) is 0 Å². The Balaban J connectivity index is 2.09. The van der Waals surface area contributed by atoms with Gasteiger partial charge in [-0.15, -0.1) is 0 Å². The molecule has 0 radical (unpaired) electrons. The Labute approximate surface area is 62.7 Å². The quantitative estimate of drug-likeness (QED) is 0.429. The van der Waals surface area contributed by atoms with E-state index < -0.39 is 0 Å². The summed E-state index contributed by atoms with van der Waals surface area (Å²) < 4.78 is 10.7. The van der Waals surface area contributed by atoms with E-state index in [9.17, 15) is 5.11 Å². The third kappa shape index (κ3) is 0.835. The van der Waals surface area contributed by atoms with Crippen molar-refractivity contribution >= 4 is 10.2 Å². The number of fused-ring (bicyclic) bond motifs is 1. The molecular weight excluding hydrogens is 148 g/mol. The van der Waals surface area contributed by atoms with Gasteiger partial charge in [0, 0.05) is 16.8 Å². The topological polar surface area (TPSA) is 38.7 Å². The lowest BCUT2D eigenvalue weighted by Crippen LogP contribution is -2.27. The molecule has 2 heterocycles. The first kappa shape index (κ1) is 6.79. The monoisotopic (exact) mass is 160 g/mol. The molecule has 1 unspecified atom stereocenters. The van der Waals surface area contributed by atoms with Gasteiger partial charge in [0.1, 0.15) is 12.2 Å². The van der Waals surface area contributed by atoms with Crippen molar-refractivity contribution in [2.45, 2.75) is 23.9 Å². The zero-order valence-electron chi connectivity index (χ0n) is 5.99. The van der Waals surface area contributed by atoms with Crippen LogP contribution in [0, 0.1) is 0 Å². The molecule has 0 aromatic carbocycles. The van der Waals surface area contributed by atoms with Crippen LogP contribution in [0.25, 0.3) is 0 Å². The Morgan fingerprint density at radius 2 is 1.90 bits per heavy atom. The number of hydrogen-bond donors (Lipinski definition) is 1. The molecule has 2 rings (SSSR count). The molecule has 2 fully saturated rings. The van der Waals surface area contributed by atoms with E-state index in [1.807, 2.05) is 0 Å². The van der Waals surface area contributed by atoms with Crippen molar-refractivity contribution in [3.63, 3.8) is 0 Å². The molecular formula is C6H12O3Si. The lowest BCUT2D eigenvalue weighted by atomic mass is 10.1. The van der Waals surface area contributed by atoms with Crippen molar-refractivity contribution in [3.05, 3.63) is 0 Å². The van der Waals surface area contributed by atoms with E-state index in [0.717, 1.165) is 16.8 Å². The molecule has 10 heavy (non-hydrogen) atoms. The van der Waals surface area contributed by atoms with E-state index in [0.29, 0.717) is 12.1 Å². The molecule has 2 aliphatic heterocycles. The molecule has 2 aliphatic rings. The summed E-state index contributed by atoms with van der Waals surface area (Å²) in [5, 5.41) is 9.28. The van der Waals surface area contributed by atoms with Crippen molar-refractivity contribution in [2.75, 3.05) is 13.2 Å². The van der Waals surface area contributed by atoms with Crippen molar-refractivity contribution < 1.29 is 14.6 Å². The van der Waals surface area contributed by atoms with Crippen LogP contribution < -0.4 is 0 Å². The third-order valence-electron chi connectivity index (χ3n) is 2.27. The number of hydrogen-bond acceptors (Lipinski definition) is 3. The molecule has 3 nitrogen and oxygen atoms in total. The summed E-state index contributed by atoms with van der Waals surface area (Å²) in [5.41, 5.74) is 0.585. The van der Waals surface area contributed by atoms with Crippen LogP contribution in [0.2, 0.25) is 5.54 Å². The fourth-order valence-corrected chi connectivity index (χ4v) is 2.43. The zero-order valence-corrected chi connectivity index (χ0v) is 7.99. The Hall–Kier alpha value is 0.0969. The molecule has 2 saturated heterocycles. The SMILES string of the molecule is O[C@@H]1CO[C@H]2C1OC[C@@H]2[SiH3]. The van der Waals surface area contributed by atoms with Gasteiger partial charge in [0.2, 0.25) is 0 Å². The maximum Gasteiger partial charge on any atom is 0.112 e. The third-order valence-corrected chi connectivity index (χ3v) is 3.27. The standard InChI is InChI=1S/C6H12O3Si/c7-3-1-8-6-4(10)2-9-5(3)6/h3-7H,1-2H2,10H3/t3-,4+,5?,6-/m1/s1. The van der Waals surface area contributed by atoms with Crippen molar-refractivity contribution in [2.24, 2.45) is 0 Å². The van der Waals surface area contributed by atoms with Gasteiger partial charge in [0.25, 0.3) is 0 Å². The highest BCUT2D eigenvalue weighted by Gasteiger charge is 2.44. The summed E-state index contributed by atoms with van der Waals surface area (Å²) in [6.07, 6.45) is -0.173. The highest BCUT2D eigenvalue weighted by Crippen LogP contribution is 2.32. The summed E-state index contributed by atoms with van der Waals surface area (Å²) >= 11 is 0. The first-order chi connectivity index (χ1) is 4.79. The lowest BCUT2D eigenvalue weighted by Gasteiger charge is -2.10. The van der Waals surface area contributed by atoms with Gasteiger partial charge in [0.15, 0.2) is 0 Å². The van der Waals surface area contributed by atoms with Crippen LogP contribution in [0.3, 0.4) is 0 Å². The van der Waals surface area contributed by atoms with Gasteiger partial charge in [-0.2, -0.15) is 0 Å². The molecule has 0 aromatic heterocycles. The maximum absolute atomic E-state index is 9.28. The smallest absolute Gasteiger partial charge is 0.112 e. The lowest BCUT2D eigenvalue weighted by molar-refractivity contribution is 0.0187. The first-order valence-corrected chi connectivity index (χ1v) is 4.86. The summed E-state index contributed by atoms with van der Waals surface area (Å²) in [4.78, 5) is 0. The molecule has 0 aromatic rings. The molecule has 0 bridgehead atoms. The number of ether oxygens (including phenoxy) is 2. The van der Waals surface area contributed by atoms with Crippen LogP contribution in [0.5, 0.6) is 0 Å². The van der Waals surface area contributed by atoms with Crippen LogP contribution in [0.4, 0.5) is 0 Å². The first-order valence-electron chi connectivity index (χ1n) is 3.70. The van der Waals surface area contributed by atoms with Gasteiger partial charge in [-0.25, -0.2) is 0 Å². The summed E-state index contributed by atoms with van der Waals surface area (Å²) in [6.45, 7) is 1.26. The second kappa shape index (κ2) is 2.30. The molecule has 4 atom stereocenters. The maximum atomic E-state index is 9.28. The van der Waals surface area contributed by atoms with Gasteiger partial charge < -0.3 is 14.6 Å². The Kier molecular flexibility index (Phi) is 1.56. The van der Waals surface area contributed by atoms with E-state index in [1.54, 1.807) is 0 Å². The molecule has 0 spiro atoms. The zero-order chi connectivity index (χ0) is 7.14. The number of rotatable bonds is 0. The van der Waals surface area contributed by atoms with E-state index in [1.165, 1.54) is 0 Å². The summed E-state index contributed by atoms with van der Waals surface area (Å²) in [6, 6.07) is 0. The minimum Gasteiger partial charge on any atom is -0.388 e. The summed E-state index contributed by atoms with van der Waals surface area (Å²) in [5.74, 6) is 0. The minimum atomic E-state index is -0.371. The molecule has 4 heteroatoms. The van der Waals surface area contributed by atoms with Crippen molar-refractivity contribution in [1.29, 1.82) is 0 Å². The fraction of sp³-hybridized carbons (Fsp3) is 1.00. The van der Waals surface area contributed by atoms with Gasteiger partial charge >= 0.3 is 0 Å². The molecule has 0 amide bonds. The van der Waals surface area contributed by atoms with E-state index >= 15 is 0 Å². The number of aliphatic hydroxyl groups excluding tert-OH is 1. The molecule has 58 valence electrons. The molecule has 1 N–H and O–H groups in total. The average molecular weight is 160 g/mol. The van der Waals surface area contributed by atoms with E-state index in [4.69, 9.17) is 9.47 Å². The second-order valence-electron chi connectivity index (χ2n) is 3.14. The highest BCUT2D eigenvalue weighted by atomic mass is 28.1. The predicted octanol–water partition coefficient (Wildman–Crippen LogP) is -1.70. The fourth-order valence-electron chi connectivity index (χ4n) is 1.67. The van der Waals surface area contributed by atoms with Crippen LogP contribution >= 0.6 is 0 Å². The van der Waals surface area contributed by atoms with Gasteiger partial charge in [-0.3, -0.25) is 0 Å². The van der Waals surface area contributed by atoms with Crippen LogP contribution in [0.1, 0.15) is 0 Å². The Morgan fingerprint density at radius 1 is 1.20 bits per heavy atom. The van der Waals surface area contributed by atoms with Gasteiger partial charge in [-0.05, 0) is 5.54 Å². The average Bonchev–Trinajstić information content (AvgIpc) is 2.41. The van der Waals surface area contributed by atoms with Crippen LogP contribution in [-0.2, 0) is 9.47 Å². The largest absolute Gasteiger partial charge is 0.388 e. The molecule has 0 saturated carbocycles. The van der Waals surface area contributed by atoms with Crippen molar-refractivity contribution in [1.82, 2.24) is 0 Å². The normalized spacial score (nSPS) is 53.7. The number of aliphatic hydroxyl groups is 1. The Bertz CT molecular complexity index is 125. The van der Waals surface area contributed by atoms with Crippen molar-refractivity contribution in [3.8, 4) is 0 Å². The Morgan fingerprint density at radius 3 is 2.60 bits per heavy atom. The van der Waals surface area contributed by atoms with Crippen LogP contribution in [0.15, 0.2) is 0 Å². The van der Waals surface area contributed by atoms with Gasteiger partial charge in [-0.1, -0.05) is 0 Å². The van der Waals surface area contributed by atoms with Gasteiger partial charge in [0.05, 0.1) is 12.7 Å². The summed E-state index contributed by atoms with van der Waals surface area (Å²) in [7, 11) is 1.10. The molecule has 0 aliphatic carbocycles. The van der Waals surface area contributed by atoms with E-state index in [-0.39, 0.29) is 18.3 Å². The second-order valence-corrected chi connectivity index (χ2v) is 4.62. The van der Waals surface area contributed by atoms with Crippen LogP contribution in [-0.4, -0.2) is 46.9 Å². The predicted molar refractivity (Wildman–Crippen MR) is 39.2 cm³/mol. The highest BCUT2D eigenvalue weighted by molar-refractivity contribution is 6.12.